The number of rotatable bonds is 6. The molecule has 1 aliphatic heterocycles. The van der Waals surface area contributed by atoms with Crippen LogP contribution in [0.15, 0.2) is 60.9 Å². The fourth-order valence-corrected chi connectivity index (χ4v) is 3.61. The molecule has 4 rings (SSSR count). The number of hydrogen-bond acceptors (Lipinski definition) is 6. The fraction of sp³-hybridized carbons (Fsp3) is 0.304. The summed E-state index contributed by atoms with van der Waals surface area (Å²) < 4.78 is 0. The third kappa shape index (κ3) is 5.11. The molecule has 3 aromatic rings. The molecule has 1 saturated heterocycles. The first kappa shape index (κ1) is 19.8. The molecule has 1 fully saturated rings. The Labute approximate surface area is 176 Å². The molecular formula is C23H26N6O. The van der Waals surface area contributed by atoms with Crippen molar-refractivity contribution in [3.8, 4) is 0 Å². The minimum absolute atomic E-state index is 0.221. The van der Waals surface area contributed by atoms with Crippen molar-refractivity contribution < 1.29 is 4.79 Å². The molecule has 1 amide bonds. The summed E-state index contributed by atoms with van der Waals surface area (Å²) in [4.78, 5) is 20.7. The van der Waals surface area contributed by atoms with Crippen LogP contribution in [0.3, 0.4) is 0 Å². The number of aryl methyl sites for hydroxylation is 2. The average molecular weight is 403 g/mol. The number of anilines is 3. The van der Waals surface area contributed by atoms with Gasteiger partial charge in [-0.25, -0.2) is 0 Å². The Kier molecular flexibility index (Phi) is 6.17. The van der Waals surface area contributed by atoms with Gasteiger partial charge in [0, 0.05) is 50.7 Å². The predicted molar refractivity (Wildman–Crippen MR) is 118 cm³/mol. The van der Waals surface area contributed by atoms with Crippen LogP contribution in [0.4, 0.5) is 17.3 Å². The van der Waals surface area contributed by atoms with E-state index in [4.69, 9.17) is 0 Å². The average Bonchev–Trinajstić information content (AvgIpc) is 2.79. The molecule has 0 bridgehead atoms. The molecule has 1 aromatic carbocycles. The van der Waals surface area contributed by atoms with E-state index in [-0.39, 0.29) is 5.91 Å². The number of nitrogens with zero attached hydrogens (tertiary/aromatic N) is 5. The van der Waals surface area contributed by atoms with E-state index >= 15 is 0 Å². The largest absolute Gasteiger partial charge is 0.352 e. The van der Waals surface area contributed by atoms with Gasteiger partial charge in [0.05, 0.1) is 0 Å². The Morgan fingerprint density at radius 2 is 1.80 bits per heavy atom. The molecule has 0 unspecified atom stereocenters. The summed E-state index contributed by atoms with van der Waals surface area (Å²) in [5.74, 6) is 1.75. The Hall–Kier alpha value is -3.48. The van der Waals surface area contributed by atoms with Crippen LogP contribution >= 0.6 is 0 Å². The Morgan fingerprint density at radius 1 is 1.00 bits per heavy atom. The van der Waals surface area contributed by atoms with Gasteiger partial charge in [0.25, 0.3) is 0 Å². The highest BCUT2D eigenvalue weighted by atomic mass is 16.2. The van der Waals surface area contributed by atoms with Crippen molar-refractivity contribution in [3.63, 3.8) is 0 Å². The van der Waals surface area contributed by atoms with E-state index in [0.717, 1.165) is 31.0 Å². The van der Waals surface area contributed by atoms with Gasteiger partial charge >= 0.3 is 0 Å². The highest BCUT2D eigenvalue weighted by Gasteiger charge is 2.22. The first-order valence-corrected chi connectivity index (χ1v) is 10.3. The van der Waals surface area contributed by atoms with E-state index in [1.807, 2.05) is 35.2 Å². The zero-order chi connectivity index (χ0) is 20.8. The lowest BCUT2D eigenvalue weighted by Gasteiger charge is -2.35. The van der Waals surface area contributed by atoms with Crippen molar-refractivity contribution in [2.75, 3.05) is 36.4 Å². The summed E-state index contributed by atoms with van der Waals surface area (Å²) >= 11 is 0. The standard InChI is InChI=1S/C23H26N6O/c1-18-3-2-4-19(17-18)5-8-23(30)29-15-13-28(14-16-29)22-7-6-21(26-27-22)25-20-9-11-24-12-10-20/h2-4,6-7,9-12,17H,5,8,13-16H2,1H3,(H,24,25,26). The number of piperazine rings is 1. The minimum Gasteiger partial charge on any atom is -0.352 e. The smallest absolute Gasteiger partial charge is 0.223 e. The van der Waals surface area contributed by atoms with E-state index in [0.29, 0.717) is 25.3 Å². The molecule has 0 aliphatic carbocycles. The Bertz CT molecular complexity index is 968. The van der Waals surface area contributed by atoms with Gasteiger partial charge in [-0.3, -0.25) is 9.78 Å². The summed E-state index contributed by atoms with van der Waals surface area (Å²) in [6.45, 7) is 5.04. The summed E-state index contributed by atoms with van der Waals surface area (Å²) in [6.07, 6.45) is 4.80. The van der Waals surface area contributed by atoms with Crippen molar-refractivity contribution in [2.24, 2.45) is 0 Å². The molecule has 0 atom stereocenters. The van der Waals surface area contributed by atoms with E-state index in [9.17, 15) is 4.79 Å². The third-order valence-corrected chi connectivity index (χ3v) is 5.27. The van der Waals surface area contributed by atoms with Crippen molar-refractivity contribution >= 4 is 23.2 Å². The van der Waals surface area contributed by atoms with Crippen LogP contribution in [-0.2, 0) is 11.2 Å². The van der Waals surface area contributed by atoms with Crippen molar-refractivity contribution in [2.45, 2.75) is 19.8 Å². The first-order valence-electron chi connectivity index (χ1n) is 10.3. The monoisotopic (exact) mass is 402 g/mol. The maximum absolute atomic E-state index is 12.6. The molecular weight excluding hydrogens is 376 g/mol. The van der Waals surface area contributed by atoms with Gasteiger partial charge in [-0.2, -0.15) is 0 Å². The third-order valence-electron chi connectivity index (χ3n) is 5.27. The van der Waals surface area contributed by atoms with E-state index in [1.54, 1.807) is 12.4 Å². The Morgan fingerprint density at radius 3 is 2.50 bits per heavy atom. The highest BCUT2D eigenvalue weighted by Crippen LogP contribution is 2.17. The molecule has 7 heteroatoms. The van der Waals surface area contributed by atoms with E-state index in [1.165, 1.54) is 11.1 Å². The number of carbonyl (C=O) groups is 1. The van der Waals surface area contributed by atoms with Gasteiger partial charge in [-0.15, -0.1) is 10.2 Å². The van der Waals surface area contributed by atoms with Crippen LogP contribution in [0.5, 0.6) is 0 Å². The molecule has 2 aromatic heterocycles. The summed E-state index contributed by atoms with van der Waals surface area (Å²) in [6, 6.07) is 16.0. The molecule has 1 N–H and O–H groups in total. The first-order chi connectivity index (χ1) is 14.7. The van der Waals surface area contributed by atoms with Crippen molar-refractivity contribution in [1.82, 2.24) is 20.1 Å². The van der Waals surface area contributed by atoms with E-state index in [2.05, 4.69) is 50.5 Å². The topological polar surface area (TPSA) is 74.2 Å². The molecule has 0 saturated carbocycles. The van der Waals surface area contributed by atoms with Gasteiger partial charge in [0.2, 0.25) is 5.91 Å². The Balaban J connectivity index is 1.26. The van der Waals surface area contributed by atoms with E-state index < -0.39 is 0 Å². The number of nitrogens with one attached hydrogen (secondary N) is 1. The molecule has 1 aliphatic rings. The molecule has 30 heavy (non-hydrogen) atoms. The number of benzene rings is 1. The van der Waals surface area contributed by atoms with Crippen LogP contribution in [0.25, 0.3) is 0 Å². The van der Waals surface area contributed by atoms with Crippen LogP contribution in [0.2, 0.25) is 0 Å². The lowest BCUT2D eigenvalue weighted by molar-refractivity contribution is -0.131. The zero-order valence-electron chi connectivity index (χ0n) is 17.2. The summed E-state index contributed by atoms with van der Waals surface area (Å²) in [5.41, 5.74) is 3.37. The lowest BCUT2D eigenvalue weighted by atomic mass is 10.1. The number of amides is 1. The second-order valence-electron chi connectivity index (χ2n) is 7.49. The van der Waals surface area contributed by atoms with Gasteiger partial charge in [0.1, 0.15) is 0 Å². The number of carbonyl (C=O) groups excluding carboxylic acids is 1. The van der Waals surface area contributed by atoms with Crippen LogP contribution in [0.1, 0.15) is 17.5 Å². The number of aromatic nitrogens is 3. The molecule has 3 heterocycles. The van der Waals surface area contributed by atoms with Crippen LogP contribution < -0.4 is 10.2 Å². The number of pyridine rings is 1. The van der Waals surface area contributed by atoms with Gasteiger partial charge in [0.15, 0.2) is 11.6 Å². The normalized spacial score (nSPS) is 13.9. The molecule has 0 radical (unpaired) electrons. The summed E-state index contributed by atoms with van der Waals surface area (Å²) in [7, 11) is 0. The van der Waals surface area contributed by atoms with Gasteiger partial charge in [-0.1, -0.05) is 29.8 Å². The second kappa shape index (κ2) is 9.35. The minimum atomic E-state index is 0.221. The van der Waals surface area contributed by atoms with Gasteiger partial charge in [-0.05, 0) is 43.2 Å². The predicted octanol–water partition coefficient (Wildman–Crippen LogP) is 3.21. The van der Waals surface area contributed by atoms with Crippen molar-refractivity contribution in [1.29, 1.82) is 0 Å². The van der Waals surface area contributed by atoms with Crippen molar-refractivity contribution in [3.05, 3.63) is 72.1 Å². The second-order valence-corrected chi connectivity index (χ2v) is 7.49. The molecule has 0 spiro atoms. The van der Waals surface area contributed by atoms with Gasteiger partial charge < -0.3 is 15.1 Å². The SMILES string of the molecule is Cc1cccc(CCC(=O)N2CCN(c3ccc(Nc4ccncc4)nn3)CC2)c1. The maximum Gasteiger partial charge on any atom is 0.223 e. The molecule has 154 valence electrons. The van der Waals surface area contributed by atoms with Crippen LogP contribution in [-0.4, -0.2) is 52.2 Å². The highest BCUT2D eigenvalue weighted by molar-refractivity contribution is 5.76. The summed E-state index contributed by atoms with van der Waals surface area (Å²) in [5, 5.41) is 11.8. The fourth-order valence-electron chi connectivity index (χ4n) is 3.61. The number of hydrogen-bond donors (Lipinski definition) is 1. The molecule has 7 nitrogen and oxygen atoms in total. The zero-order valence-corrected chi connectivity index (χ0v) is 17.2. The van der Waals surface area contributed by atoms with Crippen LogP contribution in [0, 0.1) is 6.92 Å². The maximum atomic E-state index is 12.6. The quantitative estimate of drug-likeness (QED) is 0.683. The lowest BCUT2D eigenvalue weighted by Crippen LogP contribution is -2.49.